The number of nitrogens with one attached hydrogen (secondary N) is 2. The maximum Gasteiger partial charge on any atom is 0.255 e. The fourth-order valence-corrected chi connectivity index (χ4v) is 5.01. The first-order valence-corrected chi connectivity index (χ1v) is 9.48. The topological polar surface area (TPSA) is 74.3 Å². The quantitative estimate of drug-likeness (QED) is 0.817. The molecule has 3 aliphatic rings. The van der Waals surface area contributed by atoms with Crippen molar-refractivity contribution in [3.63, 3.8) is 0 Å². The fourth-order valence-electron chi connectivity index (χ4n) is 5.01. The lowest BCUT2D eigenvalue weighted by Crippen LogP contribution is -2.61. The molecule has 2 fully saturated rings. The summed E-state index contributed by atoms with van der Waals surface area (Å²) in [6, 6.07) is 11.3. The van der Waals surface area contributed by atoms with Crippen LogP contribution in [-0.4, -0.2) is 40.5 Å². The number of nitrogens with zero attached hydrogens (tertiary/aromatic N) is 2. The number of aryl methyl sites for hydroxylation is 1. The third-order valence-electron chi connectivity index (χ3n) is 6.37. The lowest BCUT2D eigenvalue weighted by Gasteiger charge is -2.42. The Hall–Kier alpha value is -2.89. The van der Waals surface area contributed by atoms with Crippen molar-refractivity contribution < 1.29 is 9.59 Å². The Labute approximate surface area is 158 Å². The Morgan fingerprint density at radius 1 is 1.19 bits per heavy atom. The predicted octanol–water partition coefficient (Wildman–Crippen LogP) is 2.42. The first kappa shape index (κ1) is 16.3. The number of carbonyl (C=O) groups is 2. The number of fused-ring (bicyclic) bond motifs is 3. The second-order valence-corrected chi connectivity index (χ2v) is 7.85. The molecule has 2 aliphatic heterocycles. The summed E-state index contributed by atoms with van der Waals surface area (Å²) in [5.74, 6) is 0.602. The second kappa shape index (κ2) is 5.81. The summed E-state index contributed by atoms with van der Waals surface area (Å²) < 4.78 is 0. The Morgan fingerprint density at radius 3 is 2.89 bits per heavy atom. The number of para-hydroxylation sites is 1. The summed E-state index contributed by atoms with van der Waals surface area (Å²) >= 11 is 0. The average molecular weight is 362 g/mol. The summed E-state index contributed by atoms with van der Waals surface area (Å²) in [4.78, 5) is 31.9. The zero-order chi connectivity index (χ0) is 18.6. The molecule has 6 nitrogen and oxygen atoms in total. The average Bonchev–Trinajstić information content (AvgIpc) is 3.23. The van der Waals surface area contributed by atoms with Crippen molar-refractivity contribution in [3.05, 3.63) is 59.4 Å². The Kier molecular flexibility index (Phi) is 3.50. The van der Waals surface area contributed by atoms with Gasteiger partial charge in [-0.05, 0) is 49.9 Å². The van der Waals surface area contributed by atoms with E-state index in [1.54, 1.807) is 12.3 Å². The van der Waals surface area contributed by atoms with Gasteiger partial charge in [-0.25, -0.2) is 0 Å². The van der Waals surface area contributed by atoms with E-state index >= 15 is 0 Å². The van der Waals surface area contributed by atoms with Crippen molar-refractivity contribution in [1.29, 1.82) is 0 Å². The molecular weight excluding hydrogens is 340 g/mol. The Bertz CT molecular complexity index is 943. The minimum Gasteiger partial charge on any atom is -0.362 e. The van der Waals surface area contributed by atoms with Crippen LogP contribution in [0.1, 0.15) is 39.3 Å². The maximum absolute atomic E-state index is 13.0. The standard InChI is InChI=1S/C21H22N4O2/c1-13-15(6-4-10-22-13)20(27)25-11-14-8-9-21(17(14)12-25)23-18-7-3-2-5-16(18)19(26)24-21/h2-7,10,14,17,23H,8-9,11-12H2,1H3,(H,24,26)/t14-,17+,21+/m1/s1. The van der Waals surface area contributed by atoms with Crippen LogP contribution in [0, 0.1) is 18.8 Å². The Morgan fingerprint density at radius 2 is 2.04 bits per heavy atom. The number of carbonyl (C=O) groups excluding carboxylic acids is 2. The highest BCUT2D eigenvalue weighted by molar-refractivity contribution is 6.02. The fraction of sp³-hybridized carbons (Fsp3) is 0.381. The van der Waals surface area contributed by atoms with Crippen molar-refractivity contribution >= 4 is 17.5 Å². The number of anilines is 1. The highest BCUT2D eigenvalue weighted by Crippen LogP contribution is 2.47. The molecule has 3 heterocycles. The summed E-state index contributed by atoms with van der Waals surface area (Å²) in [5, 5.41) is 6.83. The normalized spacial score (nSPS) is 28.5. The van der Waals surface area contributed by atoms with Gasteiger partial charge in [0.05, 0.1) is 11.1 Å². The zero-order valence-corrected chi connectivity index (χ0v) is 15.2. The van der Waals surface area contributed by atoms with Crippen LogP contribution in [0.15, 0.2) is 42.6 Å². The summed E-state index contributed by atoms with van der Waals surface area (Å²) in [7, 11) is 0. The van der Waals surface area contributed by atoms with Crippen molar-refractivity contribution in [2.45, 2.75) is 25.4 Å². The van der Waals surface area contributed by atoms with E-state index in [9.17, 15) is 9.59 Å². The van der Waals surface area contributed by atoms with Crippen LogP contribution in [-0.2, 0) is 0 Å². The SMILES string of the molecule is Cc1ncccc1C(=O)N1C[C@H]2CC[C@]3(NC(=O)c4ccccc4N3)[C@H]2C1. The number of amides is 2. The molecule has 1 saturated carbocycles. The van der Waals surface area contributed by atoms with E-state index in [0.29, 0.717) is 23.6 Å². The minimum atomic E-state index is -0.463. The molecule has 1 aliphatic carbocycles. The van der Waals surface area contributed by atoms with E-state index in [1.807, 2.05) is 42.2 Å². The van der Waals surface area contributed by atoms with E-state index in [-0.39, 0.29) is 17.7 Å². The lowest BCUT2D eigenvalue weighted by atomic mass is 9.89. The van der Waals surface area contributed by atoms with Crippen molar-refractivity contribution in [2.24, 2.45) is 11.8 Å². The van der Waals surface area contributed by atoms with Crippen molar-refractivity contribution in [2.75, 3.05) is 18.4 Å². The molecule has 0 radical (unpaired) electrons. The number of likely N-dealkylation sites (tertiary alicyclic amines) is 1. The first-order valence-electron chi connectivity index (χ1n) is 9.48. The first-order chi connectivity index (χ1) is 13.1. The smallest absolute Gasteiger partial charge is 0.255 e. The molecule has 2 amide bonds. The summed E-state index contributed by atoms with van der Waals surface area (Å²) in [5.41, 5.74) is 2.53. The third-order valence-corrected chi connectivity index (χ3v) is 6.37. The monoisotopic (exact) mass is 362 g/mol. The van der Waals surface area contributed by atoms with E-state index in [1.165, 1.54) is 0 Å². The second-order valence-electron chi connectivity index (χ2n) is 7.85. The summed E-state index contributed by atoms with van der Waals surface area (Å²) in [6.45, 7) is 3.25. The van der Waals surface area contributed by atoms with Gasteiger partial charge >= 0.3 is 0 Å². The van der Waals surface area contributed by atoms with Gasteiger partial charge in [0.1, 0.15) is 5.66 Å². The molecule has 138 valence electrons. The number of aromatic nitrogens is 1. The maximum atomic E-state index is 13.0. The highest BCUT2D eigenvalue weighted by Gasteiger charge is 2.55. The highest BCUT2D eigenvalue weighted by atomic mass is 16.2. The van der Waals surface area contributed by atoms with Crippen molar-refractivity contribution in [3.8, 4) is 0 Å². The molecule has 2 N–H and O–H groups in total. The van der Waals surface area contributed by atoms with Gasteiger partial charge < -0.3 is 15.5 Å². The van der Waals surface area contributed by atoms with Gasteiger partial charge in [-0.15, -0.1) is 0 Å². The van der Waals surface area contributed by atoms with Gasteiger partial charge in [-0.2, -0.15) is 0 Å². The van der Waals surface area contributed by atoms with Crippen LogP contribution in [0.4, 0.5) is 5.69 Å². The van der Waals surface area contributed by atoms with Gasteiger partial charge in [-0.1, -0.05) is 12.1 Å². The van der Waals surface area contributed by atoms with Crippen LogP contribution < -0.4 is 10.6 Å². The number of hydrogen-bond acceptors (Lipinski definition) is 4. The van der Waals surface area contributed by atoms with Crippen LogP contribution >= 0.6 is 0 Å². The Balaban J connectivity index is 1.42. The lowest BCUT2D eigenvalue weighted by molar-refractivity contribution is 0.0766. The van der Waals surface area contributed by atoms with E-state index < -0.39 is 5.66 Å². The van der Waals surface area contributed by atoms with E-state index in [4.69, 9.17) is 0 Å². The number of rotatable bonds is 1. The van der Waals surface area contributed by atoms with Crippen LogP contribution in [0.25, 0.3) is 0 Å². The summed E-state index contributed by atoms with van der Waals surface area (Å²) in [6.07, 6.45) is 3.59. The largest absolute Gasteiger partial charge is 0.362 e. The molecule has 27 heavy (non-hydrogen) atoms. The molecule has 1 aromatic heterocycles. The molecule has 1 spiro atoms. The molecule has 1 aromatic carbocycles. The van der Waals surface area contributed by atoms with E-state index in [2.05, 4.69) is 15.6 Å². The molecular formula is C21H22N4O2. The van der Waals surface area contributed by atoms with Gasteiger partial charge in [0, 0.05) is 36.6 Å². The molecule has 6 heteroatoms. The zero-order valence-electron chi connectivity index (χ0n) is 15.2. The van der Waals surface area contributed by atoms with Crippen molar-refractivity contribution in [1.82, 2.24) is 15.2 Å². The molecule has 2 aromatic rings. The van der Waals surface area contributed by atoms with Crippen LogP contribution in [0.2, 0.25) is 0 Å². The van der Waals surface area contributed by atoms with Gasteiger partial charge in [-0.3, -0.25) is 14.6 Å². The number of pyridine rings is 1. The van der Waals surface area contributed by atoms with Crippen LogP contribution in [0.5, 0.6) is 0 Å². The van der Waals surface area contributed by atoms with Gasteiger partial charge in [0.2, 0.25) is 0 Å². The molecule has 5 rings (SSSR count). The third kappa shape index (κ3) is 2.43. The molecule has 3 atom stereocenters. The number of hydrogen-bond donors (Lipinski definition) is 2. The van der Waals surface area contributed by atoms with E-state index in [0.717, 1.165) is 30.8 Å². The van der Waals surface area contributed by atoms with Gasteiger partial charge in [0.25, 0.3) is 11.8 Å². The molecule has 1 saturated heterocycles. The van der Waals surface area contributed by atoms with Gasteiger partial charge in [0.15, 0.2) is 0 Å². The molecule has 0 bridgehead atoms. The minimum absolute atomic E-state index is 0.0297. The number of benzene rings is 1. The predicted molar refractivity (Wildman–Crippen MR) is 101 cm³/mol. The van der Waals surface area contributed by atoms with Crippen LogP contribution in [0.3, 0.4) is 0 Å². The molecule has 0 unspecified atom stereocenters.